The zero-order valence-corrected chi connectivity index (χ0v) is 18.1. The Balaban J connectivity index is 2.75. The van der Waals surface area contributed by atoms with Gasteiger partial charge < -0.3 is 19.5 Å². The van der Waals surface area contributed by atoms with Gasteiger partial charge in [0.15, 0.2) is 17.6 Å². The number of rotatable bonds is 9. The van der Waals surface area contributed by atoms with Gasteiger partial charge >= 0.3 is 12.0 Å². The van der Waals surface area contributed by atoms with Crippen LogP contribution in [0.5, 0.6) is 11.5 Å². The lowest BCUT2D eigenvalue weighted by molar-refractivity contribution is -0.127. The molecular formula is C21H32N2O6. The summed E-state index contributed by atoms with van der Waals surface area (Å²) in [6.07, 6.45) is 0.761. The normalized spacial score (nSPS) is 11.9. The summed E-state index contributed by atoms with van der Waals surface area (Å²) in [5.74, 6) is -0.448. The minimum absolute atomic E-state index is 0.218. The van der Waals surface area contributed by atoms with Crippen molar-refractivity contribution in [3.8, 4) is 11.5 Å². The van der Waals surface area contributed by atoms with E-state index in [-0.39, 0.29) is 5.56 Å². The lowest BCUT2D eigenvalue weighted by Crippen LogP contribution is -2.50. The van der Waals surface area contributed by atoms with Crippen molar-refractivity contribution in [2.45, 2.75) is 66.0 Å². The molecule has 0 unspecified atom stereocenters. The number of unbranched alkanes of at least 4 members (excludes halogenated alkanes) is 1. The van der Waals surface area contributed by atoms with Gasteiger partial charge in [0.1, 0.15) is 0 Å². The van der Waals surface area contributed by atoms with E-state index in [4.69, 9.17) is 14.2 Å². The quantitative estimate of drug-likeness (QED) is 0.479. The molecule has 1 aromatic rings. The molecule has 0 aliphatic heterocycles. The summed E-state index contributed by atoms with van der Waals surface area (Å²) >= 11 is 0. The van der Waals surface area contributed by atoms with Crippen molar-refractivity contribution in [1.29, 1.82) is 0 Å². The van der Waals surface area contributed by atoms with Crippen LogP contribution < -0.4 is 20.1 Å². The fourth-order valence-corrected chi connectivity index (χ4v) is 2.22. The molecule has 1 atom stereocenters. The molecule has 162 valence electrons. The smallest absolute Gasteiger partial charge is 0.339 e. The number of nitrogens with one attached hydrogen (secondary N) is 2. The SMILES string of the molecule is CCCCOc1ccc(C(=O)O[C@H](C)C(=O)NC(=O)NC(C)(C)C)cc1OCC. The number of ether oxygens (including phenoxy) is 3. The van der Waals surface area contributed by atoms with Gasteiger partial charge in [0, 0.05) is 5.54 Å². The second kappa shape index (κ2) is 11.3. The van der Waals surface area contributed by atoms with Crippen molar-refractivity contribution in [2.24, 2.45) is 0 Å². The average Bonchev–Trinajstić information content (AvgIpc) is 2.61. The molecule has 0 bridgehead atoms. The molecule has 1 rings (SSSR count). The number of imide groups is 1. The van der Waals surface area contributed by atoms with Gasteiger partial charge in [-0.1, -0.05) is 13.3 Å². The van der Waals surface area contributed by atoms with E-state index in [0.29, 0.717) is 24.7 Å². The highest BCUT2D eigenvalue weighted by Gasteiger charge is 2.23. The first-order chi connectivity index (χ1) is 13.6. The summed E-state index contributed by atoms with van der Waals surface area (Å²) in [4.78, 5) is 36.3. The molecule has 0 radical (unpaired) electrons. The molecule has 1 aromatic carbocycles. The lowest BCUT2D eigenvalue weighted by atomic mass is 10.1. The maximum atomic E-state index is 12.4. The monoisotopic (exact) mass is 408 g/mol. The number of hydrogen-bond donors (Lipinski definition) is 2. The standard InChI is InChI=1S/C21H32N2O6/c1-7-9-12-28-16-11-10-15(13-17(16)27-8-2)19(25)29-14(3)18(24)22-20(26)23-21(4,5)6/h10-11,13-14H,7-9,12H2,1-6H3,(H2,22,23,24,26)/t14-/m1/s1. The summed E-state index contributed by atoms with van der Waals surface area (Å²) in [6, 6.07) is 4.05. The van der Waals surface area contributed by atoms with Gasteiger partial charge in [-0.2, -0.15) is 0 Å². The van der Waals surface area contributed by atoms with E-state index >= 15 is 0 Å². The van der Waals surface area contributed by atoms with Crippen LogP contribution in [0, 0.1) is 0 Å². The fraction of sp³-hybridized carbons (Fsp3) is 0.571. The number of hydrogen-bond acceptors (Lipinski definition) is 6. The first-order valence-corrected chi connectivity index (χ1v) is 9.81. The summed E-state index contributed by atoms with van der Waals surface area (Å²) < 4.78 is 16.4. The molecule has 0 fully saturated rings. The first-order valence-electron chi connectivity index (χ1n) is 9.81. The highest BCUT2D eigenvalue weighted by Crippen LogP contribution is 2.29. The van der Waals surface area contributed by atoms with E-state index < -0.39 is 29.6 Å². The molecule has 2 N–H and O–H groups in total. The molecular weight excluding hydrogens is 376 g/mol. The number of benzene rings is 1. The molecule has 8 heteroatoms. The Morgan fingerprint density at radius 2 is 1.76 bits per heavy atom. The molecule has 0 aliphatic carbocycles. The zero-order valence-electron chi connectivity index (χ0n) is 18.1. The number of carbonyl (C=O) groups is 3. The number of esters is 1. The van der Waals surface area contributed by atoms with Gasteiger partial charge in [-0.15, -0.1) is 0 Å². The Hall–Kier alpha value is -2.77. The van der Waals surface area contributed by atoms with Crippen LogP contribution in [-0.4, -0.2) is 42.8 Å². The van der Waals surface area contributed by atoms with Crippen molar-refractivity contribution >= 4 is 17.9 Å². The Morgan fingerprint density at radius 3 is 2.34 bits per heavy atom. The van der Waals surface area contributed by atoms with Gasteiger partial charge in [-0.05, 0) is 59.2 Å². The van der Waals surface area contributed by atoms with E-state index in [2.05, 4.69) is 17.6 Å². The minimum atomic E-state index is -1.15. The van der Waals surface area contributed by atoms with Gasteiger partial charge in [0.25, 0.3) is 5.91 Å². The molecule has 0 spiro atoms. The zero-order chi connectivity index (χ0) is 22.0. The largest absolute Gasteiger partial charge is 0.490 e. The molecule has 29 heavy (non-hydrogen) atoms. The minimum Gasteiger partial charge on any atom is -0.490 e. The van der Waals surface area contributed by atoms with E-state index in [1.54, 1.807) is 32.9 Å². The van der Waals surface area contributed by atoms with Crippen LogP contribution in [0.1, 0.15) is 64.7 Å². The highest BCUT2D eigenvalue weighted by molar-refractivity contribution is 5.98. The van der Waals surface area contributed by atoms with Crippen LogP contribution >= 0.6 is 0 Å². The maximum Gasteiger partial charge on any atom is 0.339 e. The van der Waals surface area contributed by atoms with Crippen molar-refractivity contribution in [3.05, 3.63) is 23.8 Å². The molecule has 8 nitrogen and oxygen atoms in total. The van der Waals surface area contributed by atoms with E-state index in [9.17, 15) is 14.4 Å². The number of amides is 3. The van der Waals surface area contributed by atoms with Crippen molar-refractivity contribution in [3.63, 3.8) is 0 Å². The highest BCUT2D eigenvalue weighted by atomic mass is 16.5. The Labute approximate surface area is 172 Å². The van der Waals surface area contributed by atoms with Gasteiger partial charge in [-0.25, -0.2) is 9.59 Å². The molecule has 0 heterocycles. The third-order valence-corrected chi connectivity index (χ3v) is 3.61. The first kappa shape index (κ1) is 24.3. The summed E-state index contributed by atoms with van der Waals surface area (Å²) in [7, 11) is 0. The van der Waals surface area contributed by atoms with Gasteiger partial charge in [0.2, 0.25) is 0 Å². The van der Waals surface area contributed by atoms with Gasteiger partial charge in [-0.3, -0.25) is 10.1 Å². The topological polar surface area (TPSA) is 103 Å². The second-order valence-electron chi connectivity index (χ2n) is 7.54. The van der Waals surface area contributed by atoms with E-state index in [1.165, 1.54) is 13.0 Å². The van der Waals surface area contributed by atoms with Crippen molar-refractivity contribution < 1.29 is 28.6 Å². The summed E-state index contributed by atoms with van der Waals surface area (Å²) in [6.45, 7) is 11.6. The molecule has 3 amide bonds. The van der Waals surface area contributed by atoms with Crippen molar-refractivity contribution in [1.82, 2.24) is 10.6 Å². The van der Waals surface area contributed by atoms with Crippen LogP contribution in [0.4, 0.5) is 4.79 Å². The van der Waals surface area contributed by atoms with Crippen molar-refractivity contribution in [2.75, 3.05) is 13.2 Å². The van der Waals surface area contributed by atoms with E-state index in [0.717, 1.165) is 12.8 Å². The van der Waals surface area contributed by atoms with Crippen LogP contribution in [0.25, 0.3) is 0 Å². The molecule has 0 saturated carbocycles. The van der Waals surface area contributed by atoms with Crippen LogP contribution in [0.15, 0.2) is 18.2 Å². The third kappa shape index (κ3) is 8.85. The van der Waals surface area contributed by atoms with Gasteiger partial charge in [0.05, 0.1) is 18.8 Å². The maximum absolute atomic E-state index is 12.4. The number of urea groups is 1. The predicted octanol–water partition coefficient (Wildman–Crippen LogP) is 3.43. The Kier molecular flexibility index (Phi) is 9.44. The number of carbonyl (C=O) groups excluding carboxylic acids is 3. The van der Waals surface area contributed by atoms with E-state index in [1.807, 2.05) is 6.92 Å². The molecule has 0 saturated heterocycles. The lowest BCUT2D eigenvalue weighted by Gasteiger charge is -2.21. The Bertz CT molecular complexity index is 712. The van der Waals surface area contributed by atoms with Crippen LogP contribution in [0.3, 0.4) is 0 Å². The average molecular weight is 408 g/mol. The summed E-state index contributed by atoms with van der Waals surface area (Å²) in [5.41, 5.74) is -0.281. The Morgan fingerprint density at radius 1 is 1.07 bits per heavy atom. The summed E-state index contributed by atoms with van der Waals surface area (Å²) in [5, 5.41) is 4.75. The molecule has 0 aromatic heterocycles. The fourth-order valence-electron chi connectivity index (χ4n) is 2.22. The van der Waals surface area contributed by atoms with Crippen LogP contribution in [0.2, 0.25) is 0 Å². The molecule has 0 aliphatic rings. The predicted molar refractivity (Wildman–Crippen MR) is 109 cm³/mol. The second-order valence-corrected chi connectivity index (χ2v) is 7.54. The van der Waals surface area contributed by atoms with Crippen LogP contribution in [-0.2, 0) is 9.53 Å². The third-order valence-electron chi connectivity index (χ3n) is 3.61.